The van der Waals surface area contributed by atoms with Gasteiger partial charge in [-0.1, -0.05) is 18.0 Å². The van der Waals surface area contributed by atoms with E-state index in [1.807, 2.05) is 0 Å². The maximum absolute atomic E-state index is 13.1. The Labute approximate surface area is 149 Å². The molecule has 4 nitrogen and oxygen atoms in total. The minimum Gasteiger partial charge on any atom is -0.484 e. The number of aliphatic imine (C=N–C) groups is 1. The van der Waals surface area contributed by atoms with Crippen LogP contribution in [0.1, 0.15) is 44.6 Å². The van der Waals surface area contributed by atoms with Crippen LogP contribution in [0.15, 0.2) is 23.2 Å². The number of ether oxygens (including phenoxy) is 1. The molecule has 0 radical (unpaired) electrons. The summed E-state index contributed by atoms with van der Waals surface area (Å²) >= 11 is 5.85. The van der Waals surface area contributed by atoms with Gasteiger partial charge in [-0.15, -0.1) is 0 Å². The first kappa shape index (κ1) is 19.7. The number of halogens is 4. The molecule has 2 N–H and O–H groups in total. The van der Waals surface area contributed by atoms with Crippen LogP contribution in [0, 0.1) is 0 Å². The lowest BCUT2D eigenvalue weighted by atomic mass is 9.92. The van der Waals surface area contributed by atoms with Gasteiger partial charge in [-0.05, 0) is 50.8 Å². The Morgan fingerprint density at radius 2 is 1.92 bits per heavy atom. The van der Waals surface area contributed by atoms with Gasteiger partial charge in [0.25, 0.3) is 5.91 Å². The summed E-state index contributed by atoms with van der Waals surface area (Å²) < 4.78 is 44.6. The number of carbonyl (C=O) groups excluding carboxylic acids is 1. The number of benzene rings is 1. The molecule has 0 aliphatic heterocycles. The maximum Gasteiger partial charge on any atom is 0.410 e. The highest BCUT2D eigenvalue weighted by atomic mass is 35.5. The molecular weight excluding hydrogens is 357 g/mol. The van der Waals surface area contributed by atoms with Crippen LogP contribution < -0.4 is 10.5 Å². The normalized spacial score (nSPS) is 17.8. The molecule has 0 heterocycles. The Bertz CT molecular complexity index is 664. The van der Waals surface area contributed by atoms with Gasteiger partial charge in [-0.2, -0.15) is 13.2 Å². The fourth-order valence-corrected chi connectivity index (χ4v) is 2.88. The molecule has 25 heavy (non-hydrogen) atoms. The van der Waals surface area contributed by atoms with Gasteiger partial charge in [0.1, 0.15) is 11.3 Å². The summed E-state index contributed by atoms with van der Waals surface area (Å²) in [5.74, 6) is -0.378. The van der Waals surface area contributed by atoms with Crippen molar-refractivity contribution in [2.24, 2.45) is 10.7 Å². The smallest absolute Gasteiger partial charge is 0.410 e. The van der Waals surface area contributed by atoms with E-state index < -0.39 is 17.6 Å². The van der Waals surface area contributed by atoms with Crippen molar-refractivity contribution in [1.82, 2.24) is 0 Å². The van der Waals surface area contributed by atoms with E-state index >= 15 is 0 Å². The number of rotatable bonds is 4. The molecule has 8 heteroatoms. The quantitative estimate of drug-likeness (QED) is 0.847. The first-order valence-corrected chi connectivity index (χ1v) is 8.37. The van der Waals surface area contributed by atoms with Crippen LogP contribution >= 0.6 is 11.6 Å². The van der Waals surface area contributed by atoms with Crippen molar-refractivity contribution in [2.45, 2.75) is 50.7 Å². The van der Waals surface area contributed by atoms with Crippen LogP contribution in [-0.2, 0) is 10.3 Å². The van der Waals surface area contributed by atoms with Gasteiger partial charge in [0.2, 0.25) is 0 Å². The molecule has 1 atom stereocenters. The SMILES string of the molecule is CC(N)(c1cc(OCC(=O)N=C2CCCCC2)ccc1Cl)C(F)(F)F. The number of hydrogen-bond acceptors (Lipinski definition) is 3. The summed E-state index contributed by atoms with van der Waals surface area (Å²) in [5, 5.41) is -0.122. The molecule has 1 aliphatic carbocycles. The zero-order valence-electron chi connectivity index (χ0n) is 13.8. The average Bonchev–Trinajstić information content (AvgIpc) is 2.54. The van der Waals surface area contributed by atoms with Crippen LogP contribution in [0.4, 0.5) is 13.2 Å². The number of alkyl halides is 3. The Balaban J connectivity index is 2.08. The van der Waals surface area contributed by atoms with Gasteiger partial charge < -0.3 is 10.5 Å². The average molecular weight is 377 g/mol. The number of nitrogens with two attached hydrogens (primary N) is 1. The second-order valence-corrected chi connectivity index (χ2v) is 6.67. The topological polar surface area (TPSA) is 64.7 Å². The lowest BCUT2D eigenvalue weighted by Crippen LogP contribution is -2.47. The molecule has 1 aromatic carbocycles. The van der Waals surface area contributed by atoms with E-state index in [4.69, 9.17) is 22.1 Å². The fourth-order valence-electron chi connectivity index (χ4n) is 2.57. The Kier molecular flexibility index (Phi) is 6.11. The van der Waals surface area contributed by atoms with Crippen molar-refractivity contribution in [3.05, 3.63) is 28.8 Å². The zero-order chi connectivity index (χ0) is 18.7. The summed E-state index contributed by atoms with van der Waals surface area (Å²) in [6.07, 6.45) is 0.0777. The largest absolute Gasteiger partial charge is 0.484 e. The van der Waals surface area contributed by atoms with Crippen molar-refractivity contribution >= 4 is 23.2 Å². The second-order valence-electron chi connectivity index (χ2n) is 6.26. The van der Waals surface area contributed by atoms with Gasteiger partial charge in [0, 0.05) is 16.3 Å². The molecule has 1 aliphatic rings. The molecule has 0 spiro atoms. The van der Waals surface area contributed by atoms with Crippen molar-refractivity contribution in [2.75, 3.05) is 6.61 Å². The van der Waals surface area contributed by atoms with Gasteiger partial charge >= 0.3 is 6.18 Å². The first-order chi connectivity index (χ1) is 11.6. The predicted octanol–water partition coefficient (Wildman–Crippen LogP) is 4.39. The molecule has 1 aromatic rings. The third-order valence-electron chi connectivity index (χ3n) is 4.16. The number of carbonyl (C=O) groups is 1. The van der Waals surface area contributed by atoms with E-state index in [2.05, 4.69) is 4.99 Å². The van der Waals surface area contributed by atoms with Crippen molar-refractivity contribution in [1.29, 1.82) is 0 Å². The molecule has 138 valence electrons. The van der Waals surface area contributed by atoms with Crippen LogP contribution in [-0.4, -0.2) is 24.4 Å². The van der Waals surface area contributed by atoms with Crippen molar-refractivity contribution < 1.29 is 22.7 Å². The third-order valence-corrected chi connectivity index (χ3v) is 4.49. The standard InChI is InChI=1S/C17H20ClF3N2O2/c1-16(22,17(19,20)21)13-9-12(7-8-14(13)18)25-10-15(24)23-11-5-3-2-4-6-11/h7-9H,2-6,10,22H2,1H3. The highest BCUT2D eigenvalue weighted by Gasteiger charge is 2.50. The molecule has 0 saturated heterocycles. The number of amides is 1. The number of nitrogens with zero attached hydrogens (tertiary/aromatic N) is 1. The minimum atomic E-state index is -4.68. The Hall–Kier alpha value is -1.60. The minimum absolute atomic E-state index is 0.0810. The van der Waals surface area contributed by atoms with E-state index in [-0.39, 0.29) is 22.9 Å². The lowest BCUT2D eigenvalue weighted by Gasteiger charge is -2.29. The summed E-state index contributed by atoms with van der Waals surface area (Å²) in [4.78, 5) is 15.9. The first-order valence-electron chi connectivity index (χ1n) is 7.99. The highest BCUT2D eigenvalue weighted by molar-refractivity contribution is 6.31. The fraction of sp³-hybridized carbons (Fsp3) is 0.529. The summed E-state index contributed by atoms with van der Waals surface area (Å²) in [6.45, 7) is 0.482. The summed E-state index contributed by atoms with van der Waals surface area (Å²) in [7, 11) is 0. The van der Waals surface area contributed by atoms with E-state index in [0.717, 1.165) is 50.8 Å². The van der Waals surface area contributed by atoms with Gasteiger partial charge in [-0.25, -0.2) is 4.99 Å². The molecule has 1 amide bonds. The zero-order valence-corrected chi connectivity index (χ0v) is 14.6. The van der Waals surface area contributed by atoms with Crippen LogP contribution in [0.25, 0.3) is 0 Å². The molecular formula is C17H20ClF3N2O2. The predicted molar refractivity (Wildman–Crippen MR) is 90.1 cm³/mol. The summed E-state index contributed by atoms with van der Waals surface area (Å²) in [6, 6.07) is 3.76. The van der Waals surface area contributed by atoms with Crippen LogP contribution in [0.5, 0.6) is 5.75 Å². The van der Waals surface area contributed by atoms with E-state index in [9.17, 15) is 18.0 Å². The Morgan fingerprint density at radius 3 is 2.52 bits per heavy atom. The highest BCUT2D eigenvalue weighted by Crippen LogP contribution is 2.40. The number of hydrogen-bond donors (Lipinski definition) is 1. The van der Waals surface area contributed by atoms with Gasteiger partial charge in [-0.3, -0.25) is 4.79 Å². The van der Waals surface area contributed by atoms with Gasteiger partial charge in [0.05, 0.1) is 0 Å². The van der Waals surface area contributed by atoms with E-state index in [1.165, 1.54) is 12.1 Å². The van der Waals surface area contributed by atoms with E-state index in [1.54, 1.807) is 0 Å². The molecule has 1 unspecified atom stereocenters. The molecule has 2 rings (SSSR count). The van der Waals surface area contributed by atoms with E-state index in [0.29, 0.717) is 0 Å². The van der Waals surface area contributed by atoms with Crippen molar-refractivity contribution in [3.63, 3.8) is 0 Å². The molecule has 1 saturated carbocycles. The molecule has 1 fully saturated rings. The third kappa shape index (κ3) is 4.95. The maximum atomic E-state index is 13.1. The molecule has 0 bridgehead atoms. The molecule has 0 aromatic heterocycles. The van der Waals surface area contributed by atoms with Gasteiger partial charge in [0.15, 0.2) is 6.61 Å². The monoisotopic (exact) mass is 376 g/mol. The van der Waals surface area contributed by atoms with Crippen LogP contribution in [0.3, 0.4) is 0 Å². The lowest BCUT2D eigenvalue weighted by molar-refractivity contribution is -0.184. The second kappa shape index (κ2) is 7.74. The van der Waals surface area contributed by atoms with Crippen LogP contribution in [0.2, 0.25) is 5.02 Å². The summed E-state index contributed by atoms with van der Waals surface area (Å²) in [5.41, 5.74) is 3.32. The Morgan fingerprint density at radius 1 is 1.28 bits per heavy atom. The van der Waals surface area contributed by atoms with Crippen molar-refractivity contribution in [3.8, 4) is 5.75 Å².